The minimum Gasteiger partial charge on any atom is -0.489 e. The zero-order valence-corrected chi connectivity index (χ0v) is 17.4. The number of para-hydroxylation sites is 2. The predicted molar refractivity (Wildman–Crippen MR) is 118 cm³/mol. The third-order valence-electron chi connectivity index (χ3n) is 4.95. The number of hydrogen-bond acceptors (Lipinski definition) is 5. The lowest BCUT2D eigenvalue weighted by atomic mass is 10.1. The van der Waals surface area contributed by atoms with E-state index >= 15 is 0 Å². The molecule has 2 aromatic rings. The number of nitrogens with zero attached hydrogens (tertiary/aromatic N) is 2. The van der Waals surface area contributed by atoms with Crippen molar-refractivity contribution in [1.82, 2.24) is 5.32 Å². The van der Waals surface area contributed by atoms with Crippen LogP contribution in [0.1, 0.15) is 18.1 Å². The van der Waals surface area contributed by atoms with Gasteiger partial charge in [0.2, 0.25) is 0 Å². The van der Waals surface area contributed by atoms with Crippen molar-refractivity contribution in [2.45, 2.75) is 26.4 Å². The third kappa shape index (κ3) is 4.86. The summed E-state index contributed by atoms with van der Waals surface area (Å²) in [6, 6.07) is 14.4. The maximum Gasteiger partial charge on any atom is 0.267 e. The summed E-state index contributed by atoms with van der Waals surface area (Å²) in [6.45, 7) is 4.34. The van der Waals surface area contributed by atoms with Gasteiger partial charge in [0, 0.05) is 12.8 Å². The normalized spacial score (nSPS) is 17.1. The highest BCUT2D eigenvalue weighted by Gasteiger charge is 2.30. The van der Waals surface area contributed by atoms with Gasteiger partial charge >= 0.3 is 0 Å². The molecule has 1 atom stereocenters. The SMILES string of the molecule is CC(C=C(N)C(=O)N[C@H]1COc2ccccc2N(C)C1=O)=NCc1ccccc1C. The number of anilines is 1. The number of aliphatic imine (C=N–C) groups is 1. The van der Waals surface area contributed by atoms with Gasteiger partial charge in [0.15, 0.2) is 0 Å². The Hall–Kier alpha value is -3.61. The molecule has 7 nitrogen and oxygen atoms in total. The largest absolute Gasteiger partial charge is 0.489 e. The average molecular weight is 406 g/mol. The number of nitrogens with two attached hydrogens (primary N) is 1. The fraction of sp³-hybridized carbons (Fsp3) is 0.261. The first kappa shape index (κ1) is 21.1. The summed E-state index contributed by atoms with van der Waals surface area (Å²) in [5, 5.41) is 2.66. The van der Waals surface area contributed by atoms with Crippen LogP contribution in [0.15, 0.2) is 65.3 Å². The number of ether oxygens (including phenoxy) is 1. The highest BCUT2D eigenvalue weighted by Crippen LogP contribution is 2.29. The lowest BCUT2D eigenvalue weighted by Crippen LogP contribution is -2.50. The molecule has 0 unspecified atom stereocenters. The molecular formula is C23H26N4O3. The van der Waals surface area contributed by atoms with Gasteiger partial charge in [0.05, 0.1) is 17.9 Å². The van der Waals surface area contributed by atoms with Crippen molar-refractivity contribution >= 4 is 23.2 Å². The third-order valence-corrected chi connectivity index (χ3v) is 4.95. The topological polar surface area (TPSA) is 97.0 Å². The van der Waals surface area contributed by atoms with Crippen molar-refractivity contribution in [2.75, 3.05) is 18.6 Å². The Bertz CT molecular complexity index is 1010. The summed E-state index contributed by atoms with van der Waals surface area (Å²) in [4.78, 5) is 31.2. The van der Waals surface area contributed by atoms with E-state index in [2.05, 4.69) is 10.3 Å². The second-order valence-corrected chi connectivity index (χ2v) is 7.19. The molecular weight excluding hydrogens is 380 g/mol. The second-order valence-electron chi connectivity index (χ2n) is 7.19. The minimum absolute atomic E-state index is 0.0155. The van der Waals surface area contributed by atoms with Crippen molar-refractivity contribution < 1.29 is 14.3 Å². The van der Waals surface area contributed by atoms with Crippen molar-refractivity contribution in [3.8, 4) is 5.75 Å². The number of likely N-dealkylation sites (N-methyl/N-ethyl adjacent to an activating group) is 1. The van der Waals surface area contributed by atoms with Gasteiger partial charge in [-0.1, -0.05) is 36.4 Å². The number of nitrogens with one attached hydrogen (secondary N) is 1. The van der Waals surface area contributed by atoms with E-state index in [1.807, 2.05) is 43.3 Å². The quantitative estimate of drug-likeness (QED) is 0.588. The smallest absolute Gasteiger partial charge is 0.267 e. The second kappa shape index (κ2) is 9.26. The number of hydrogen-bond donors (Lipinski definition) is 2. The monoisotopic (exact) mass is 406 g/mol. The summed E-state index contributed by atoms with van der Waals surface area (Å²) in [5.74, 6) is -0.222. The molecule has 7 heteroatoms. The van der Waals surface area contributed by atoms with Gasteiger partial charge in [-0.05, 0) is 43.2 Å². The van der Waals surface area contributed by atoms with Crippen molar-refractivity contribution in [3.05, 3.63) is 71.4 Å². The molecule has 30 heavy (non-hydrogen) atoms. The summed E-state index contributed by atoms with van der Waals surface area (Å²) < 4.78 is 5.70. The van der Waals surface area contributed by atoms with Gasteiger partial charge in [-0.3, -0.25) is 14.6 Å². The zero-order chi connectivity index (χ0) is 21.7. The van der Waals surface area contributed by atoms with E-state index in [0.717, 1.165) is 11.1 Å². The van der Waals surface area contributed by atoms with E-state index in [4.69, 9.17) is 10.5 Å². The summed E-state index contributed by atoms with van der Waals surface area (Å²) in [5.41, 5.74) is 9.46. The van der Waals surface area contributed by atoms with Crippen LogP contribution in [0.2, 0.25) is 0 Å². The van der Waals surface area contributed by atoms with E-state index in [1.54, 1.807) is 26.1 Å². The summed E-state index contributed by atoms with van der Waals surface area (Å²) in [7, 11) is 1.65. The van der Waals surface area contributed by atoms with Crippen LogP contribution in [0.25, 0.3) is 0 Å². The molecule has 0 radical (unpaired) electrons. The molecule has 0 bridgehead atoms. The average Bonchev–Trinajstić information content (AvgIpc) is 2.85. The number of benzene rings is 2. The van der Waals surface area contributed by atoms with E-state index in [0.29, 0.717) is 23.7 Å². The van der Waals surface area contributed by atoms with Crippen LogP contribution < -0.4 is 20.7 Å². The maximum atomic E-state index is 12.7. The Kier molecular flexibility index (Phi) is 6.51. The molecule has 2 aromatic carbocycles. The minimum atomic E-state index is -0.842. The molecule has 3 N–H and O–H groups in total. The molecule has 3 rings (SSSR count). The van der Waals surface area contributed by atoms with E-state index in [9.17, 15) is 9.59 Å². The number of carbonyl (C=O) groups excluding carboxylic acids is 2. The lowest BCUT2D eigenvalue weighted by Gasteiger charge is -2.20. The first-order valence-electron chi connectivity index (χ1n) is 9.70. The Morgan fingerprint density at radius 2 is 1.97 bits per heavy atom. The van der Waals surface area contributed by atoms with Gasteiger partial charge < -0.3 is 20.7 Å². The molecule has 1 aliphatic heterocycles. The number of carbonyl (C=O) groups is 2. The van der Waals surface area contributed by atoms with Gasteiger partial charge in [-0.2, -0.15) is 0 Å². The highest BCUT2D eigenvalue weighted by molar-refractivity contribution is 6.05. The van der Waals surface area contributed by atoms with Crippen LogP contribution >= 0.6 is 0 Å². The molecule has 0 aliphatic carbocycles. The van der Waals surface area contributed by atoms with E-state index in [-0.39, 0.29) is 18.2 Å². The zero-order valence-electron chi connectivity index (χ0n) is 17.4. The van der Waals surface area contributed by atoms with Crippen molar-refractivity contribution in [2.24, 2.45) is 10.7 Å². The molecule has 1 aliphatic rings. The van der Waals surface area contributed by atoms with Crippen LogP contribution in [0.3, 0.4) is 0 Å². The van der Waals surface area contributed by atoms with Gasteiger partial charge in [-0.15, -0.1) is 0 Å². The molecule has 0 aromatic heterocycles. The van der Waals surface area contributed by atoms with Crippen LogP contribution in [0, 0.1) is 6.92 Å². The number of allylic oxidation sites excluding steroid dienone is 1. The Morgan fingerprint density at radius 1 is 1.27 bits per heavy atom. The van der Waals surface area contributed by atoms with Crippen LogP contribution in [-0.4, -0.2) is 37.2 Å². The Labute approximate surface area is 176 Å². The molecule has 0 spiro atoms. The predicted octanol–water partition coefficient (Wildman–Crippen LogP) is 2.34. The van der Waals surface area contributed by atoms with E-state index in [1.165, 1.54) is 11.0 Å². The molecule has 1 heterocycles. The molecule has 2 amide bonds. The Balaban J connectivity index is 1.65. The standard InChI is InChI=1S/C23H26N4O3/c1-15-8-4-5-9-17(15)13-25-16(2)12-18(24)22(28)26-19-14-30-21-11-7-6-10-20(21)27(3)23(19)29/h4-12,19H,13-14,24H2,1-3H3,(H,26,28)/t19-/m0/s1. The van der Waals surface area contributed by atoms with Crippen LogP contribution in [-0.2, 0) is 16.1 Å². The number of aryl methyl sites for hydroxylation is 1. The highest BCUT2D eigenvalue weighted by atomic mass is 16.5. The van der Waals surface area contributed by atoms with Gasteiger partial charge in [-0.25, -0.2) is 0 Å². The first-order chi connectivity index (χ1) is 14.4. The molecule has 0 fully saturated rings. The first-order valence-corrected chi connectivity index (χ1v) is 9.70. The fourth-order valence-electron chi connectivity index (χ4n) is 3.13. The summed E-state index contributed by atoms with van der Waals surface area (Å²) in [6.07, 6.45) is 1.51. The Morgan fingerprint density at radius 3 is 2.73 bits per heavy atom. The van der Waals surface area contributed by atoms with Crippen LogP contribution in [0.5, 0.6) is 5.75 Å². The van der Waals surface area contributed by atoms with Crippen molar-refractivity contribution in [3.63, 3.8) is 0 Å². The van der Waals surface area contributed by atoms with Gasteiger partial charge in [0.1, 0.15) is 18.4 Å². The van der Waals surface area contributed by atoms with Crippen molar-refractivity contribution in [1.29, 1.82) is 0 Å². The van der Waals surface area contributed by atoms with Crippen LogP contribution in [0.4, 0.5) is 5.69 Å². The lowest BCUT2D eigenvalue weighted by molar-refractivity contribution is -0.126. The number of fused-ring (bicyclic) bond motifs is 1. The number of amides is 2. The number of rotatable bonds is 5. The molecule has 0 saturated heterocycles. The van der Waals surface area contributed by atoms with E-state index < -0.39 is 11.9 Å². The molecule has 0 saturated carbocycles. The van der Waals surface area contributed by atoms with Gasteiger partial charge in [0.25, 0.3) is 11.8 Å². The fourth-order valence-corrected chi connectivity index (χ4v) is 3.13. The maximum absolute atomic E-state index is 12.7. The molecule has 156 valence electrons. The summed E-state index contributed by atoms with van der Waals surface area (Å²) >= 11 is 0.